The number of urea groups is 1. The number of ether oxygens (including phenoxy) is 2. The molecule has 122 valence electrons. The number of nitrogens with one attached hydrogen (secondary N) is 2. The van der Waals surface area contributed by atoms with Crippen LogP contribution in [0.25, 0.3) is 0 Å². The summed E-state index contributed by atoms with van der Waals surface area (Å²) in [7, 11) is 0. The van der Waals surface area contributed by atoms with Crippen molar-refractivity contribution in [3.05, 3.63) is 29.8 Å². The molecule has 0 spiro atoms. The molecular formula is C14H16N4O3S2. The Morgan fingerprint density at radius 2 is 2.00 bits per heavy atom. The van der Waals surface area contributed by atoms with E-state index >= 15 is 0 Å². The predicted molar refractivity (Wildman–Crippen MR) is 90.1 cm³/mol. The van der Waals surface area contributed by atoms with Crippen LogP contribution in [-0.4, -0.2) is 41.5 Å². The Labute approximate surface area is 141 Å². The van der Waals surface area contributed by atoms with Crippen LogP contribution >= 0.6 is 23.1 Å². The molecule has 0 bridgehead atoms. The zero-order chi connectivity index (χ0) is 16.1. The van der Waals surface area contributed by atoms with Crippen molar-refractivity contribution in [1.82, 2.24) is 10.2 Å². The highest BCUT2D eigenvalue weighted by Crippen LogP contribution is 2.27. The maximum absolute atomic E-state index is 11.9. The molecule has 0 aliphatic carbocycles. The number of rotatable bonds is 5. The fourth-order valence-electron chi connectivity index (χ4n) is 1.86. The van der Waals surface area contributed by atoms with E-state index in [1.54, 1.807) is 0 Å². The zero-order valence-corrected chi connectivity index (χ0v) is 14.1. The molecule has 1 saturated heterocycles. The lowest BCUT2D eigenvalue weighted by Gasteiger charge is -2.05. The third-order valence-corrected chi connectivity index (χ3v) is 4.97. The van der Waals surface area contributed by atoms with E-state index in [1.165, 1.54) is 23.1 Å². The van der Waals surface area contributed by atoms with E-state index in [0.717, 1.165) is 15.6 Å². The molecule has 1 aromatic heterocycles. The summed E-state index contributed by atoms with van der Waals surface area (Å²) in [6.45, 7) is 3.26. The summed E-state index contributed by atoms with van der Waals surface area (Å²) < 4.78 is 11.5. The quantitative estimate of drug-likeness (QED) is 0.636. The highest BCUT2D eigenvalue weighted by molar-refractivity contribution is 8.01. The van der Waals surface area contributed by atoms with Crippen molar-refractivity contribution in [1.29, 1.82) is 0 Å². The fraction of sp³-hybridized carbons (Fsp3) is 0.357. The number of hydrogen-bond donors (Lipinski definition) is 2. The van der Waals surface area contributed by atoms with Crippen LogP contribution in [0.4, 0.5) is 15.6 Å². The van der Waals surface area contributed by atoms with Gasteiger partial charge in [-0.2, -0.15) is 0 Å². The van der Waals surface area contributed by atoms with Crippen LogP contribution in [0, 0.1) is 6.92 Å². The maximum atomic E-state index is 11.9. The predicted octanol–water partition coefficient (Wildman–Crippen LogP) is 2.96. The Morgan fingerprint density at radius 1 is 1.26 bits per heavy atom. The van der Waals surface area contributed by atoms with E-state index in [9.17, 15) is 4.79 Å². The number of anilines is 2. The molecule has 0 atom stereocenters. The minimum atomic E-state index is -0.344. The van der Waals surface area contributed by atoms with Crippen LogP contribution in [0.15, 0.2) is 28.6 Å². The molecule has 0 unspecified atom stereocenters. The number of carbonyl (C=O) groups excluding carboxylic acids is 1. The second kappa shape index (κ2) is 7.73. The molecule has 3 rings (SSSR count). The van der Waals surface area contributed by atoms with Crippen LogP contribution in [0.5, 0.6) is 0 Å². The smallest absolute Gasteiger partial charge is 0.325 e. The van der Waals surface area contributed by atoms with Gasteiger partial charge >= 0.3 is 6.03 Å². The first kappa shape index (κ1) is 16.2. The molecule has 1 aliphatic rings. The van der Waals surface area contributed by atoms with Gasteiger partial charge in [0.1, 0.15) is 0 Å². The van der Waals surface area contributed by atoms with E-state index in [-0.39, 0.29) is 12.3 Å². The lowest BCUT2D eigenvalue weighted by atomic mass is 10.2. The first-order valence-electron chi connectivity index (χ1n) is 7.03. The van der Waals surface area contributed by atoms with Crippen LogP contribution < -0.4 is 10.6 Å². The van der Waals surface area contributed by atoms with Gasteiger partial charge in [-0.25, -0.2) is 4.79 Å². The number of hydrogen-bond acceptors (Lipinski definition) is 7. The van der Waals surface area contributed by atoms with Gasteiger partial charge < -0.3 is 14.8 Å². The first-order valence-corrected chi connectivity index (χ1v) is 8.83. The first-order chi connectivity index (χ1) is 11.2. The molecule has 9 heteroatoms. The minimum Gasteiger partial charge on any atom is -0.349 e. The van der Waals surface area contributed by atoms with Crippen LogP contribution in [0.1, 0.15) is 5.56 Å². The number of amides is 2. The summed E-state index contributed by atoms with van der Waals surface area (Å²) in [5, 5.41) is 13.8. The zero-order valence-electron chi connectivity index (χ0n) is 12.4. The van der Waals surface area contributed by atoms with E-state index < -0.39 is 0 Å². The van der Waals surface area contributed by atoms with Gasteiger partial charge in [0.25, 0.3) is 0 Å². The van der Waals surface area contributed by atoms with Crippen molar-refractivity contribution in [2.24, 2.45) is 0 Å². The Morgan fingerprint density at radius 3 is 2.74 bits per heavy atom. The van der Waals surface area contributed by atoms with Crippen LogP contribution in [0.2, 0.25) is 0 Å². The number of carbonyl (C=O) groups is 1. The molecule has 2 heterocycles. The van der Waals surface area contributed by atoms with E-state index in [1.807, 2.05) is 31.2 Å². The Kier molecular flexibility index (Phi) is 5.44. The second-order valence-electron chi connectivity index (χ2n) is 4.80. The van der Waals surface area contributed by atoms with Gasteiger partial charge in [0.05, 0.1) is 19.0 Å². The fourth-order valence-corrected chi connectivity index (χ4v) is 3.58. The molecule has 1 aromatic carbocycles. The summed E-state index contributed by atoms with van der Waals surface area (Å²) in [5.74, 6) is 0.657. The summed E-state index contributed by atoms with van der Waals surface area (Å²) >= 11 is 2.81. The molecule has 0 saturated carbocycles. The molecule has 7 nitrogen and oxygen atoms in total. The SMILES string of the molecule is Cc1ccc(NC(=O)Nc2nnc(SCC3OCCO3)s2)cc1. The summed E-state index contributed by atoms with van der Waals surface area (Å²) in [5.41, 5.74) is 1.86. The largest absolute Gasteiger partial charge is 0.349 e. The molecule has 1 aliphatic heterocycles. The van der Waals surface area contributed by atoms with Crippen molar-refractivity contribution in [2.75, 3.05) is 29.6 Å². The highest BCUT2D eigenvalue weighted by atomic mass is 32.2. The number of aryl methyl sites for hydroxylation is 1. The molecular weight excluding hydrogens is 336 g/mol. The summed E-state index contributed by atoms with van der Waals surface area (Å²) in [6, 6.07) is 7.21. The normalized spacial score (nSPS) is 14.8. The molecule has 2 N–H and O–H groups in total. The number of nitrogens with zero attached hydrogens (tertiary/aromatic N) is 2. The molecule has 0 radical (unpaired) electrons. The summed E-state index contributed by atoms with van der Waals surface area (Å²) in [4.78, 5) is 11.9. The molecule has 1 fully saturated rings. The summed E-state index contributed by atoms with van der Waals surface area (Å²) in [6.07, 6.45) is -0.190. The monoisotopic (exact) mass is 352 g/mol. The van der Waals surface area contributed by atoms with E-state index in [2.05, 4.69) is 20.8 Å². The molecule has 2 aromatic rings. The number of benzene rings is 1. The topological polar surface area (TPSA) is 85.4 Å². The third kappa shape index (κ3) is 4.90. The number of thioether (sulfide) groups is 1. The van der Waals surface area contributed by atoms with Gasteiger partial charge in [-0.05, 0) is 19.1 Å². The van der Waals surface area contributed by atoms with Crippen molar-refractivity contribution in [3.8, 4) is 0 Å². The van der Waals surface area contributed by atoms with Crippen molar-refractivity contribution in [2.45, 2.75) is 17.6 Å². The van der Waals surface area contributed by atoms with E-state index in [0.29, 0.717) is 24.1 Å². The van der Waals surface area contributed by atoms with Gasteiger partial charge in [-0.1, -0.05) is 40.8 Å². The van der Waals surface area contributed by atoms with Crippen molar-refractivity contribution < 1.29 is 14.3 Å². The third-order valence-electron chi connectivity index (χ3n) is 2.97. The standard InChI is InChI=1S/C14H16N4O3S2/c1-9-2-4-10(5-3-9)15-12(19)16-13-17-18-14(23-13)22-8-11-20-6-7-21-11/h2-5,11H,6-8H2,1H3,(H2,15,16,17,19). The van der Waals surface area contributed by atoms with Gasteiger partial charge in [0.2, 0.25) is 5.13 Å². The second-order valence-corrected chi connectivity index (χ2v) is 7.05. The Bertz CT molecular complexity index is 656. The Balaban J connectivity index is 1.47. The van der Waals surface area contributed by atoms with Gasteiger partial charge in [0.15, 0.2) is 10.6 Å². The van der Waals surface area contributed by atoms with Crippen LogP contribution in [-0.2, 0) is 9.47 Å². The number of aromatic nitrogens is 2. The van der Waals surface area contributed by atoms with Gasteiger partial charge in [-0.15, -0.1) is 10.2 Å². The molecule has 23 heavy (non-hydrogen) atoms. The maximum Gasteiger partial charge on any atom is 0.325 e. The lowest BCUT2D eigenvalue weighted by molar-refractivity contribution is -0.0214. The lowest BCUT2D eigenvalue weighted by Crippen LogP contribution is -2.19. The molecule has 2 amide bonds. The highest BCUT2D eigenvalue weighted by Gasteiger charge is 2.17. The average Bonchev–Trinajstić information content (AvgIpc) is 3.19. The van der Waals surface area contributed by atoms with Crippen molar-refractivity contribution in [3.63, 3.8) is 0 Å². The minimum absolute atomic E-state index is 0.190. The van der Waals surface area contributed by atoms with Crippen molar-refractivity contribution >= 4 is 39.9 Å². The van der Waals surface area contributed by atoms with Gasteiger partial charge in [-0.3, -0.25) is 5.32 Å². The Hall–Kier alpha value is -1.68. The van der Waals surface area contributed by atoms with E-state index in [4.69, 9.17) is 9.47 Å². The van der Waals surface area contributed by atoms with Gasteiger partial charge in [0, 0.05) is 5.69 Å². The average molecular weight is 352 g/mol. The van der Waals surface area contributed by atoms with Crippen LogP contribution in [0.3, 0.4) is 0 Å².